The number of hydrogen-bond donors (Lipinski definition) is 2. The second kappa shape index (κ2) is 5.54. The number of non-ortho nitro benzene ring substituents is 1. The van der Waals surface area contributed by atoms with Gasteiger partial charge < -0.3 is 10.3 Å². The van der Waals surface area contributed by atoms with Crippen molar-refractivity contribution in [1.29, 1.82) is 5.26 Å². The Balaban J connectivity index is 1.78. The fourth-order valence-electron chi connectivity index (χ4n) is 2.13. The molecule has 1 heterocycles. The molecular formula is C15H11N5O2. The van der Waals surface area contributed by atoms with Crippen LogP contribution in [0.1, 0.15) is 11.1 Å². The highest BCUT2D eigenvalue weighted by molar-refractivity contribution is 5.78. The summed E-state index contributed by atoms with van der Waals surface area (Å²) in [6.45, 7) is 0.409. The number of aromatic amines is 1. The number of rotatable bonds is 4. The Morgan fingerprint density at radius 3 is 2.95 bits per heavy atom. The van der Waals surface area contributed by atoms with Crippen LogP contribution in [-0.4, -0.2) is 14.9 Å². The van der Waals surface area contributed by atoms with E-state index in [1.807, 2.05) is 0 Å². The van der Waals surface area contributed by atoms with Crippen LogP contribution in [0, 0.1) is 21.4 Å². The molecular weight excluding hydrogens is 282 g/mol. The molecule has 0 aliphatic carbocycles. The molecule has 1 aromatic heterocycles. The number of nitro groups is 1. The van der Waals surface area contributed by atoms with Crippen LogP contribution < -0.4 is 5.32 Å². The van der Waals surface area contributed by atoms with Crippen LogP contribution >= 0.6 is 0 Å². The van der Waals surface area contributed by atoms with Crippen molar-refractivity contribution >= 4 is 22.7 Å². The zero-order chi connectivity index (χ0) is 15.5. The zero-order valence-electron chi connectivity index (χ0n) is 11.4. The lowest BCUT2D eigenvalue weighted by atomic mass is 10.2. The first kappa shape index (κ1) is 13.6. The summed E-state index contributed by atoms with van der Waals surface area (Å²) >= 11 is 0. The van der Waals surface area contributed by atoms with E-state index in [9.17, 15) is 10.1 Å². The van der Waals surface area contributed by atoms with E-state index in [-0.39, 0.29) is 5.69 Å². The fourth-order valence-corrected chi connectivity index (χ4v) is 2.13. The second-order valence-corrected chi connectivity index (χ2v) is 4.71. The van der Waals surface area contributed by atoms with Crippen molar-refractivity contribution in [2.45, 2.75) is 6.54 Å². The Bertz CT molecular complexity index is 894. The number of anilines is 1. The number of nitro benzene ring substituents is 1. The van der Waals surface area contributed by atoms with Gasteiger partial charge in [-0.3, -0.25) is 10.1 Å². The van der Waals surface area contributed by atoms with Crippen molar-refractivity contribution in [3.05, 3.63) is 63.7 Å². The van der Waals surface area contributed by atoms with Crippen LogP contribution in [0.5, 0.6) is 0 Å². The summed E-state index contributed by atoms with van der Waals surface area (Å²) in [4.78, 5) is 17.7. The van der Waals surface area contributed by atoms with Crippen molar-refractivity contribution in [3.63, 3.8) is 0 Å². The van der Waals surface area contributed by atoms with E-state index in [1.165, 1.54) is 12.1 Å². The third-order valence-corrected chi connectivity index (χ3v) is 3.19. The minimum Gasteiger partial charge on any atom is -0.352 e. The Morgan fingerprint density at radius 1 is 1.32 bits per heavy atom. The predicted molar refractivity (Wildman–Crippen MR) is 81.2 cm³/mol. The average molecular weight is 293 g/mol. The number of fused-ring (bicyclic) bond motifs is 1. The van der Waals surface area contributed by atoms with Gasteiger partial charge in [0.2, 0.25) is 5.95 Å². The molecule has 108 valence electrons. The first-order chi connectivity index (χ1) is 10.7. The summed E-state index contributed by atoms with van der Waals surface area (Å²) < 4.78 is 0. The Hall–Kier alpha value is -3.40. The molecule has 3 rings (SSSR count). The van der Waals surface area contributed by atoms with Gasteiger partial charge in [-0.25, -0.2) is 4.98 Å². The van der Waals surface area contributed by atoms with Gasteiger partial charge in [0.25, 0.3) is 5.69 Å². The maximum absolute atomic E-state index is 10.7. The first-order valence-electron chi connectivity index (χ1n) is 6.53. The lowest BCUT2D eigenvalue weighted by Crippen LogP contribution is -2.01. The van der Waals surface area contributed by atoms with E-state index < -0.39 is 4.92 Å². The minimum atomic E-state index is -0.423. The molecule has 0 atom stereocenters. The topological polar surface area (TPSA) is 108 Å². The largest absolute Gasteiger partial charge is 0.352 e. The second-order valence-electron chi connectivity index (χ2n) is 4.71. The molecule has 0 fully saturated rings. The number of aromatic nitrogens is 2. The molecule has 7 heteroatoms. The van der Waals surface area contributed by atoms with Crippen LogP contribution in [0.4, 0.5) is 11.6 Å². The van der Waals surface area contributed by atoms with Crippen LogP contribution in [0.15, 0.2) is 42.5 Å². The Kier molecular flexibility index (Phi) is 3.42. The van der Waals surface area contributed by atoms with Gasteiger partial charge >= 0.3 is 0 Å². The molecule has 0 saturated heterocycles. The van der Waals surface area contributed by atoms with E-state index in [0.29, 0.717) is 18.1 Å². The third-order valence-electron chi connectivity index (χ3n) is 3.19. The summed E-state index contributed by atoms with van der Waals surface area (Å²) in [7, 11) is 0. The highest BCUT2D eigenvalue weighted by atomic mass is 16.6. The van der Waals surface area contributed by atoms with Gasteiger partial charge in [0.1, 0.15) is 0 Å². The number of imidazole rings is 1. The van der Waals surface area contributed by atoms with E-state index in [0.717, 1.165) is 16.6 Å². The summed E-state index contributed by atoms with van der Waals surface area (Å²) in [6.07, 6.45) is 0. The van der Waals surface area contributed by atoms with Crippen molar-refractivity contribution in [2.24, 2.45) is 0 Å². The number of nitriles is 1. The number of benzene rings is 2. The minimum absolute atomic E-state index is 0.0579. The monoisotopic (exact) mass is 293 g/mol. The molecule has 2 aromatic carbocycles. The SMILES string of the molecule is N#Cc1ccc2nc(NCc3cccc([N+](=O)[O-])c3)[nH]c2c1. The van der Waals surface area contributed by atoms with E-state index in [1.54, 1.807) is 30.3 Å². The quantitative estimate of drug-likeness (QED) is 0.568. The predicted octanol–water partition coefficient (Wildman–Crippen LogP) is 2.95. The summed E-state index contributed by atoms with van der Waals surface area (Å²) in [6, 6.07) is 13.7. The van der Waals surface area contributed by atoms with Gasteiger partial charge in [-0.05, 0) is 23.8 Å². The van der Waals surface area contributed by atoms with Gasteiger partial charge in [-0.2, -0.15) is 5.26 Å². The van der Waals surface area contributed by atoms with Crippen molar-refractivity contribution < 1.29 is 4.92 Å². The van der Waals surface area contributed by atoms with Crippen molar-refractivity contribution in [3.8, 4) is 6.07 Å². The first-order valence-corrected chi connectivity index (χ1v) is 6.53. The summed E-state index contributed by atoms with van der Waals surface area (Å²) in [5, 5.41) is 22.7. The molecule has 2 N–H and O–H groups in total. The molecule has 3 aromatic rings. The molecule has 0 spiro atoms. The normalized spacial score (nSPS) is 10.3. The van der Waals surface area contributed by atoms with E-state index >= 15 is 0 Å². The fraction of sp³-hybridized carbons (Fsp3) is 0.0667. The maximum atomic E-state index is 10.7. The maximum Gasteiger partial charge on any atom is 0.269 e. The van der Waals surface area contributed by atoms with Gasteiger partial charge in [0, 0.05) is 18.7 Å². The molecule has 0 radical (unpaired) electrons. The summed E-state index contributed by atoms with van der Waals surface area (Å²) in [5.74, 6) is 0.552. The molecule has 0 saturated carbocycles. The van der Waals surface area contributed by atoms with Gasteiger partial charge in [0.15, 0.2) is 0 Å². The van der Waals surface area contributed by atoms with E-state index in [2.05, 4.69) is 21.4 Å². The zero-order valence-corrected chi connectivity index (χ0v) is 11.4. The van der Waals surface area contributed by atoms with Gasteiger partial charge in [-0.1, -0.05) is 12.1 Å². The number of nitrogens with one attached hydrogen (secondary N) is 2. The number of H-pyrrole nitrogens is 1. The molecule has 0 unspecified atom stereocenters. The van der Waals surface area contributed by atoms with Crippen LogP contribution in [0.2, 0.25) is 0 Å². The van der Waals surface area contributed by atoms with Gasteiger partial charge in [-0.15, -0.1) is 0 Å². The van der Waals surface area contributed by atoms with Crippen LogP contribution in [-0.2, 0) is 6.54 Å². The number of hydrogen-bond acceptors (Lipinski definition) is 5. The molecule has 0 amide bonds. The highest BCUT2D eigenvalue weighted by Gasteiger charge is 2.07. The lowest BCUT2D eigenvalue weighted by Gasteiger charge is -2.02. The average Bonchev–Trinajstić information content (AvgIpc) is 2.95. The standard InChI is InChI=1S/C15H11N5O2/c16-8-10-4-5-13-14(7-10)19-15(18-13)17-9-11-2-1-3-12(6-11)20(21)22/h1-7H,9H2,(H2,17,18,19). The molecule has 7 nitrogen and oxygen atoms in total. The molecule has 0 aliphatic rings. The van der Waals surface area contributed by atoms with Crippen LogP contribution in [0.25, 0.3) is 11.0 Å². The Labute approximate surface area is 125 Å². The molecule has 22 heavy (non-hydrogen) atoms. The smallest absolute Gasteiger partial charge is 0.269 e. The Morgan fingerprint density at radius 2 is 2.18 bits per heavy atom. The molecule has 0 bridgehead atoms. The van der Waals surface area contributed by atoms with Gasteiger partial charge in [0.05, 0.1) is 27.6 Å². The number of nitrogens with zero attached hydrogens (tertiary/aromatic N) is 3. The molecule has 0 aliphatic heterocycles. The van der Waals surface area contributed by atoms with Crippen molar-refractivity contribution in [1.82, 2.24) is 9.97 Å². The van der Waals surface area contributed by atoms with Crippen LogP contribution in [0.3, 0.4) is 0 Å². The lowest BCUT2D eigenvalue weighted by molar-refractivity contribution is -0.384. The van der Waals surface area contributed by atoms with Crippen molar-refractivity contribution in [2.75, 3.05) is 5.32 Å². The highest BCUT2D eigenvalue weighted by Crippen LogP contribution is 2.17. The van der Waals surface area contributed by atoms with E-state index in [4.69, 9.17) is 5.26 Å². The third kappa shape index (κ3) is 2.71. The summed E-state index contributed by atoms with van der Waals surface area (Å²) in [5.41, 5.74) is 2.91.